The van der Waals surface area contributed by atoms with Crippen LogP contribution in [0.25, 0.3) is 0 Å². The van der Waals surface area contributed by atoms with Crippen LogP contribution < -0.4 is 0 Å². The molecule has 11 N–H and O–H groups in total. The minimum atomic E-state index is -1.88. The molecule has 0 bridgehead atoms. The minimum Gasteiger partial charge on any atom is -0.394 e. The lowest BCUT2D eigenvalue weighted by Gasteiger charge is -2.47. The Morgan fingerprint density at radius 1 is 0.412 bits per heavy atom. The molecule has 0 aliphatic carbocycles. The smallest absolute Gasteiger partial charge is 0.190 e. The molecule has 3 fully saturated rings. The van der Waals surface area contributed by atoms with E-state index in [0.717, 1.165) is 0 Å². The van der Waals surface area contributed by atoms with Crippen molar-refractivity contribution < 1.29 is 79.9 Å². The third-order valence-corrected chi connectivity index (χ3v) is 6.08. The van der Waals surface area contributed by atoms with Gasteiger partial charge in [-0.3, -0.25) is 0 Å². The largest absolute Gasteiger partial charge is 0.394 e. The van der Waals surface area contributed by atoms with Crippen LogP contribution in [-0.4, -0.2) is 168 Å². The van der Waals surface area contributed by atoms with E-state index >= 15 is 0 Å². The highest BCUT2D eigenvalue weighted by Gasteiger charge is 2.53. The molecule has 3 saturated heterocycles. The molecule has 3 aliphatic rings. The second-order valence-electron chi connectivity index (χ2n) is 8.34. The van der Waals surface area contributed by atoms with E-state index in [0.29, 0.717) is 0 Å². The average molecular weight is 504 g/mol. The van der Waals surface area contributed by atoms with Gasteiger partial charge in [0.2, 0.25) is 0 Å². The van der Waals surface area contributed by atoms with Crippen molar-refractivity contribution in [3.63, 3.8) is 0 Å². The molecule has 34 heavy (non-hydrogen) atoms. The molecule has 0 saturated carbocycles. The average Bonchev–Trinajstić information content (AvgIpc) is 2.83. The molecule has 0 spiro atoms. The van der Waals surface area contributed by atoms with Crippen LogP contribution in [0, 0.1) is 0 Å². The van der Waals surface area contributed by atoms with Crippen molar-refractivity contribution in [2.75, 3.05) is 19.8 Å². The second-order valence-corrected chi connectivity index (χ2v) is 8.34. The van der Waals surface area contributed by atoms with Gasteiger partial charge in [-0.05, 0) is 0 Å². The van der Waals surface area contributed by atoms with Crippen molar-refractivity contribution in [1.29, 1.82) is 0 Å². The molecule has 0 radical (unpaired) electrons. The molecule has 1 unspecified atom stereocenters. The topological polar surface area (TPSA) is 269 Å². The maximum atomic E-state index is 10.6. The number of hydrogen-bond acceptors (Lipinski definition) is 16. The van der Waals surface area contributed by atoms with Gasteiger partial charge in [-0.25, -0.2) is 0 Å². The highest BCUT2D eigenvalue weighted by atomic mass is 16.8. The first-order chi connectivity index (χ1) is 16.0. The van der Waals surface area contributed by atoms with Crippen molar-refractivity contribution in [2.45, 2.75) is 92.1 Å². The maximum absolute atomic E-state index is 10.6. The van der Waals surface area contributed by atoms with Gasteiger partial charge >= 0.3 is 0 Å². The summed E-state index contributed by atoms with van der Waals surface area (Å²) in [5.41, 5.74) is 0. The Labute approximate surface area is 192 Å². The van der Waals surface area contributed by atoms with Gasteiger partial charge in [-0.1, -0.05) is 0 Å². The molecule has 0 aromatic carbocycles. The fourth-order valence-corrected chi connectivity index (χ4v) is 3.96. The first kappa shape index (κ1) is 27.9. The van der Waals surface area contributed by atoms with Gasteiger partial charge in [0.25, 0.3) is 0 Å². The molecule has 3 heterocycles. The van der Waals surface area contributed by atoms with E-state index in [2.05, 4.69) is 0 Å². The molecule has 0 aromatic rings. The minimum absolute atomic E-state index is 0.762. The van der Waals surface area contributed by atoms with Crippen molar-refractivity contribution in [3.05, 3.63) is 0 Å². The quantitative estimate of drug-likeness (QED) is 0.154. The van der Waals surface area contributed by atoms with Crippen LogP contribution in [0.15, 0.2) is 0 Å². The summed E-state index contributed by atoms with van der Waals surface area (Å²) in [4.78, 5) is 0. The van der Waals surface area contributed by atoms with E-state index < -0.39 is 112 Å². The Hall–Kier alpha value is -0.640. The van der Waals surface area contributed by atoms with Gasteiger partial charge < -0.3 is 79.9 Å². The number of aliphatic hydroxyl groups excluding tert-OH is 11. The van der Waals surface area contributed by atoms with E-state index in [1.165, 1.54) is 0 Å². The summed E-state index contributed by atoms with van der Waals surface area (Å²) in [6.07, 6.45) is -25.6. The molecule has 15 atom stereocenters. The van der Waals surface area contributed by atoms with Crippen LogP contribution in [-0.2, 0) is 23.7 Å². The number of ether oxygens (including phenoxy) is 5. The Morgan fingerprint density at radius 3 is 1.18 bits per heavy atom. The number of rotatable bonds is 7. The molecule has 200 valence electrons. The van der Waals surface area contributed by atoms with Crippen LogP contribution >= 0.6 is 0 Å². The maximum Gasteiger partial charge on any atom is 0.190 e. The van der Waals surface area contributed by atoms with Crippen LogP contribution in [0.1, 0.15) is 0 Å². The van der Waals surface area contributed by atoms with Crippen LogP contribution in [0.3, 0.4) is 0 Å². The van der Waals surface area contributed by atoms with Gasteiger partial charge in [0.1, 0.15) is 73.2 Å². The van der Waals surface area contributed by atoms with Crippen LogP contribution in [0.5, 0.6) is 0 Å². The third kappa shape index (κ3) is 5.37. The van der Waals surface area contributed by atoms with Crippen molar-refractivity contribution in [1.82, 2.24) is 0 Å². The fraction of sp³-hybridized carbons (Fsp3) is 1.00. The van der Waals surface area contributed by atoms with Gasteiger partial charge in [-0.15, -0.1) is 0 Å². The fourth-order valence-electron chi connectivity index (χ4n) is 3.96. The summed E-state index contributed by atoms with van der Waals surface area (Å²) < 4.78 is 26.8. The monoisotopic (exact) mass is 504 g/mol. The lowest BCUT2D eigenvalue weighted by atomic mass is 9.97. The predicted molar refractivity (Wildman–Crippen MR) is 101 cm³/mol. The molecule has 16 nitrogen and oxygen atoms in total. The molecular formula is C18H32O16. The number of hydrogen-bond donors (Lipinski definition) is 11. The highest BCUT2D eigenvalue weighted by molar-refractivity contribution is 4.95. The van der Waals surface area contributed by atoms with Gasteiger partial charge in [-0.2, -0.15) is 0 Å². The summed E-state index contributed by atoms with van der Waals surface area (Å²) in [6.45, 7) is -2.32. The molecule has 16 heteroatoms. The standard InChI is InChI=1S/C18H32O16/c19-1-4-7(22)10(25)13(28)16(30-4)33-15-12(27)9(24)6(3-21)32-18(15)34-17-14(29)11(26)8(23)5(2-20)31-17/h4-29H,1-3H2/t4-,5-,6-,7-,8-,9-,10+,11+,12+,13-,14-,15-,16-,17-,18?/m1/s1. The SMILES string of the molecule is OC[C@H]1O[C@H](O[C@H]2C(O[C@H]3O[C@H](CO)[C@@H](O)[C@H](O)[C@H]3O)O[C@H](CO)[C@@H](O)[C@@H]2O)[C@H](O)[C@@H](O)[C@@H]1O. The molecule has 3 aliphatic heterocycles. The van der Waals surface area contributed by atoms with Gasteiger partial charge in [0.15, 0.2) is 18.9 Å². The number of aliphatic hydroxyl groups is 11. The van der Waals surface area contributed by atoms with Crippen molar-refractivity contribution in [3.8, 4) is 0 Å². The first-order valence-electron chi connectivity index (χ1n) is 10.6. The zero-order valence-electron chi connectivity index (χ0n) is 17.7. The second kappa shape index (κ2) is 11.6. The van der Waals surface area contributed by atoms with Crippen LogP contribution in [0.4, 0.5) is 0 Å². The third-order valence-electron chi connectivity index (χ3n) is 6.08. The molecular weight excluding hydrogens is 472 g/mol. The predicted octanol–water partition coefficient (Wildman–Crippen LogP) is -7.57. The highest BCUT2D eigenvalue weighted by Crippen LogP contribution is 2.32. The summed E-state index contributed by atoms with van der Waals surface area (Å²) in [6, 6.07) is 0. The molecule has 0 aromatic heterocycles. The normalized spacial score (nSPS) is 52.5. The van der Waals surface area contributed by atoms with E-state index in [4.69, 9.17) is 23.7 Å². The lowest BCUT2D eigenvalue weighted by Crippen LogP contribution is -2.66. The Kier molecular flexibility index (Phi) is 9.54. The van der Waals surface area contributed by atoms with Gasteiger partial charge in [0.05, 0.1) is 19.8 Å². The zero-order valence-corrected chi connectivity index (χ0v) is 17.7. The van der Waals surface area contributed by atoms with Crippen molar-refractivity contribution >= 4 is 0 Å². The summed E-state index contributed by atoms with van der Waals surface area (Å²) >= 11 is 0. The van der Waals surface area contributed by atoms with E-state index in [1.807, 2.05) is 0 Å². The Bertz CT molecular complexity index is 637. The Morgan fingerprint density at radius 2 is 0.765 bits per heavy atom. The van der Waals surface area contributed by atoms with Crippen LogP contribution in [0.2, 0.25) is 0 Å². The van der Waals surface area contributed by atoms with E-state index in [1.54, 1.807) is 0 Å². The molecule has 3 rings (SSSR count). The lowest BCUT2D eigenvalue weighted by molar-refractivity contribution is -0.401. The Balaban J connectivity index is 1.81. The summed E-state index contributed by atoms with van der Waals surface area (Å²) in [7, 11) is 0. The van der Waals surface area contributed by atoms with Crippen molar-refractivity contribution in [2.24, 2.45) is 0 Å². The summed E-state index contributed by atoms with van der Waals surface area (Å²) in [5, 5.41) is 109. The first-order valence-corrected chi connectivity index (χ1v) is 10.6. The van der Waals surface area contributed by atoms with Gasteiger partial charge in [0, 0.05) is 0 Å². The van der Waals surface area contributed by atoms with E-state index in [-0.39, 0.29) is 0 Å². The summed E-state index contributed by atoms with van der Waals surface area (Å²) in [5.74, 6) is 0. The zero-order chi connectivity index (χ0) is 25.3. The molecule has 0 amide bonds. The van der Waals surface area contributed by atoms with E-state index in [9.17, 15) is 56.2 Å².